The number of rotatable bonds is 3. The van der Waals surface area contributed by atoms with E-state index in [1.807, 2.05) is 0 Å². The van der Waals surface area contributed by atoms with Crippen molar-refractivity contribution in [1.29, 1.82) is 0 Å². The maximum atomic E-state index is 12.0. The zero-order valence-electron chi connectivity index (χ0n) is 11.6. The number of benzene rings is 1. The monoisotopic (exact) mass is 266 g/mol. The molecule has 19 heavy (non-hydrogen) atoms. The summed E-state index contributed by atoms with van der Waals surface area (Å²) in [5.74, 6) is -0.0533. The first-order valence-electron chi connectivity index (χ1n) is 6.18. The van der Waals surface area contributed by atoms with Gasteiger partial charge in [0, 0.05) is 19.4 Å². The molecule has 1 aromatic carbocycles. The summed E-state index contributed by atoms with van der Waals surface area (Å²) >= 11 is 0. The first kappa shape index (κ1) is 13.7. The van der Waals surface area contributed by atoms with Gasteiger partial charge in [0.2, 0.25) is 5.79 Å². The maximum absolute atomic E-state index is 12.0. The molecular weight excluding hydrogens is 248 g/mol. The SMILES string of the molecule is CCOC(=O)C1OC(C)(C)Oc2ccc(OC)cc21. The number of carbonyl (C=O) groups is 1. The van der Waals surface area contributed by atoms with Crippen molar-refractivity contribution in [1.82, 2.24) is 0 Å². The van der Waals surface area contributed by atoms with E-state index in [1.54, 1.807) is 46.1 Å². The molecular formula is C14H18O5. The fourth-order valence-electron chi connectivity index (χ4n) is 1.98. The number of hydrogen-bond acceptors (Lipinski definition) is 5. The van der Waals surface area contributed by atoms with Gasteiger partial charge in [0.05, 0.1) is 13.7 Å². The Bertz CT molecular complexity index is 481. The van der Waals surface area contributed by atoms with Gasteiger partial charge in [0.25, 0.3) is 0 Å². The van der Waals surface area contributed by atoms with E-state index < -0.39 is 17.9 Å². The molecule has 5 heteroatoms. The van der Waals surface area contributed by atoms with Crippen molar-refractivity contribution < 1.29 is 23.7 Å². The van der Waals surface area contributed by atoms with Gasteiger partial charge in [0.1, 0.15) is 11.5 Å². The van der Waals surface area contributed by atoms with Crippen LogP contribution in [0.2, 0.25) is 0 Å². The standard InChI is InChI=1S/C14H18O5/c1-5-17-13(15)12-10-8-9(16-4)6-7-11(10)18-14(2,3)19-12/h6-8,12H,5H2,1-4H3. The van der Waals surface area contributed by atoms with Gasteiger partial charge >= 0.3 is 5.97 Å². The number of methoxy groups -OCH3 is 1. The maximum Gasteiger partial charge on any atom is 0.340 e. The molecule has 0 fully saturated rings. The quantitative estimate of drug-likeness (QED) is 0.786. The predicted octanol–water partition coefficient (Wildman–Crippen LogP) is 2.44. The minimum absolute atomic E-state index is 0.305. The van der Waals surface area contributed by atoms with Gasteiger partial charge in [-0.1, -0.05) is 0 Å². The van der Waals surface area contributed by atoms with Gasteiger partial charge in [0.15, 0.2) is 6.10 Å². The largest absolute Gasteiger partial charge is 0.497 e. The molecule has 1 aliphatic heterocycles. The summed E-state index contributed by atoms with van der Waals surface area (Å²) < 4.78 is 21.6. The number of fused-ring (bicyclic) bond motifs is 1. The van der Waals surface area contributed by atoms with Crippen LogP contribution in [-0.2, 0) is 14.3 Å². The van der Waals surface area contributed by atoms with Crippen LogP contribution < -0.4 is 9.47 Å². The van der Waals surface area contributed by atoms with Crippen LogP contribution in [0, 0.1) is 0 Å². The van der Waals surface area contributed by atoms with Crippen molar-refractivity contribution in [3.05, 3.63) is 23.8 Å². The molecule has 0 aliphatic carbocycles. The lowest BCUT2D eigenvalue weighted by Crippen LogP contribution is -2.40. The lowest BCUT2D eigenvalue weighted by molar-refractivity contribution is -0.219. The van der Waals surface area contributed by atoms with E-state index in [4.69, 9.17) is 18.9 Å². The molecule has 0 bridgehead atoms. The summed E-state index contributed by atoms with van der Waals surface area (Å²) in [6.45, 7) is 5.58. The smallest absolute Gasteiger partial charge is 0.340 e. The topological polar surface area (TPSA) is 54.0 Å². The Morgan fingerprint density at radius 2 is 2.16 bits per heavy atom. The first-order valence-corrected chi connectivity index (χ1v) is 6.18. The Balaban J connectivity index is 2.41. The van der Waals surface area contributed by atoms with Gasteiger partial charge in [-0.15, -0.1) is 0 Å². The van der Waals surface area contributed by atoms with Crippen LogP contribution in [0.3, 0.4) is 0 Å². The lowest BCUT2D eigenvalue weighted by atomic mass is 10.1. The van der Waals surface area contributed by atoms with Crippen LogP contribution in [-0.4, -0.2) is 25.5 Å². The summed E-state index contributed by atoms with van der Waals surface area (Å²) in [6.07, 6.45) is -0.797. The van der Waals surface area contributed by atoms with E-state index in [2.05, 4.69) is 0 Å². The van der Waals surface area contributed by atoms with Crippen molar-refractivity contribution >= 4 is 5.97 Å². The second kappa shape index (κ2) is 5.09. The molecule has 1 aromatic rings. The van der Waals surface area contributed by atoms with Crippen molar-refractivity contribution in [3.63, 3.8) is 0 Å². The minimum atomic E-state index is -0.876. The van der Waals surface area contributed by atoms with E-state index >= 15 is 0 Å². The highest BCUT2D eigenvalue weighted by Crippen LogP contribution is 2.40. The number of esters is 1. The van der Waals surface area contributed by atoms with Crippen LogP contribution >= 0.6 is 0 Å². The van der Waals surface area contributed by atoms with Crippen LogP contribution in [0.4, 0.5) is 0 Å². The summed E-state index contributed by atoms with van der Waals surface area (Å²) in [5, 5.41) is 0. The highest BCUT2D eigenvalue weighted by molar-refractivity contribution is 5.78. The van der Waals surface area contributed by atoms with E-state index in [1.165, 1.54) is 0 Å². The van der Waals surface area contributed by atoms with Crippen LogP contribution in [0.25, 0.3) is 0 Å². The molecule has 1 unspecified atom stereocenters. The van der Waals surface area contributed by atoms with E-state index in [0.717, 1.165) is 0 Å². The van der Waals surface area contributed by atoms with Crippen molar-refractivity contribution in [2.45, 2.75) is 32.7 Å². The summed E-state index contributed by atoms with van der Waals surface area (Å²) in [6, 6.07) is 5.28. The molecule has 104 valence electrons. The van der Waals surface area contributed by atoms with Crippen molar-refractivity contribution in [2.24, 2.45) is 0 Å². The van der Waals surface area contributed by atoms with Gasteiger partial charge in [-0.05, 0) is 25.1 Å². The molecule has 0 N–H and O–H groups in total. The minimum Gasteiger partial charge on any atom is -0.497 e. The van der Waals surface area contributed by atoms with Gasteiger partial charge in [-0.3, -0.25) is 0 Å². The van der Waals surface area contributed by atoms with E-state index in [-0.39, 0.29) is 0 Å². The second-order valence-corrected chi connectivity index (χ2v) is 4.66. The Labute approximate surface area is 112 Å². The molecule has 0 aromatic heterocycles. The zero-order chi connectivity index (χ0) is 14.0. The number of ether oxygens (including phenoxy) is 4. The summed E-state index contributed by atoms with van der Waals surface area (Å²) in [7, 11) is 1.57. The summed E-state index contributed by atoms with van der Waals surface area (Å²) in [4.78, 5) is 12.0. The molecule has 0 saturated carbocycles. The Morgan fingerprint density at radius 3 is 2.79 bits per heavy atom. The third-order valence-electron chi connectivity index (χ3n) is 2.76. The average molecular weight is 266 g/mol. The van der Waals surface area contributed by atoms with Crippen LogP contribution in [0.5, 0.6) is 11.5 Å². The zero-order valence-corrected chi connectivity index (χ0v) is 11.6. The van der Waals surface area contributed by atoms with Crippen LogP contribution in [0.15, 0.2) is 18.2 Å². The van der Waals surface area contributed by atoms with Crippen molar-refractivity contribution in [2.75, 3.05) is 13.7 Å². The molecule has 5 nitrogen and oxygen atoms in total. The molecule has 0 spiro atoms. The fraction of sp³-hybridized carbons (Fsp3) is 0.500. The Kier molecular flexibility index (Phi) is 3.66. The molecule has 0 radical (unpaired) electrons. The van der Waals surface area contributed by atoms with Crippen LogP contribution in [0.1, 0.15) is 32.4 Å². The predicted molar refractivity (Wildman–Crippen MR) is 68.2 cm³/mol. The van der Waals surface area contributed by atoms with Gasteiger partial charge < -0.3 is 18.9 Å². The normalized spacial score (nSPS) is 20.1. The molecule has 1 atom stereocenters. The van der Waals surface area contributed by atoms with Gasteiger partial charge in [-0.2, -0.15) is 0 Å². The Morgan fingerprint density at radius 1 is 1.42 bits per heavy atom. The van der Waals surface area contributed by atoms with E-state index in [9.17, 15) is 4.79 Å². The van der Waals surface area contributed by atoms with Gasteiger partial charge in [-0.25, -0.2) is 4.79 Å². The lowest BCUT2D eigenvalue weighted by Gasteiger charge is -2.36. The fourth-order valence-corrected chi connectivity index (χ4v) is 1.98. The highest BCUT2D eigenvalue weighted by atomic mass is 16.7. The molecule has 1 aliphatic rings. The summed E-state index contributed by atoms with van der Waals surface area (Å²) in [5.41, 5.74) is 0.622. The third-order valence-corrected chi connectivity index (χ3v) is 2.76. The molecule has 2 rings (SSSR count). The highest BCUT2D eigenvalue weighted by Gasteiger charge is 2.39. The first-order chi connectivity index (χ1) is 8.96. The average Bonchev–Trinajstić information content (AvgIpc) is 2.36. The number of carbonyl (C=O) groups excluding carboxylic acids is 1. The van der Waals surface area contributed by atoms with E-state index in [0.29, 0.717) is 23.7 Å². The number of hydrogen-bond donors (Lipinski definition) is 0. The molecule has 0 amide bonds. The third kappa shape index (κ3) is 2.81. The molecule has 0 saturated heterocycles. The molecule has 1 heterocycles. The second-order valence-electron chi connectivity index (χ2n) is 4.66. The van der Waals surface area contributed by atoms with Crippen molar-refractivity contribution in [3.8, 4) is 11.5 Å². The Hall–Kier alpha value is -1.75.